The Labute approximate surface area is 137 Å². The minimum absolute atomic E-state index is 0.235. The molecule has 0 saturated heterocycles. The van der Waals surface area contributed by atoms with Gasteiger partial charge in [-0.2, -0.15) is 0 Å². The molecule has 126 valence electrons. The van der Waals surface area contributed by atoms with Gasteiger partial charge in [-0.1, -0.05) is 19.1 Å². The van der Waals surface area contributed by atoms with Crippen LogP contribution in [-0.2, 0) is 16.0 Å². The van der Waals surface area contributed by atoms with Crippen LogP contribution in [0.1, 0.15) is 51.0 Å². The van der Waals surface area contributed by atoms with Gasteiger partial charge in [-0.15, -0.1) is 0 Å². The number of carboxylic acids is 1. The molecular weight excluding hydrogens is 294 g/mol. The third-order valence-corrected chi connectivity index (χ3v) is 4.19. The topological polar surface area (TPSA) is 75.6 Å². The zero-order valence-electron chi connectivity index (χ0n) is 13.6. The number of carbonyl (C=O) groups is 2. The summed E-state index contributed by atoms with van der Waals surface area (Å²) in [6.45, 7) is 1.74. The van der Waals surface area contributed by atoms with Crippen LogP contribution in [-0.4, -0.2) is 29.1 Å². The first-order valence-electron chi connectivity index (χ1n) is 8.36. The fourth-order valence-electron chi connectivity index (χ4n) is 2.84. The van der Waals surface area contributed by atoms with Crippen LogP contribution in [0.15, 0.2) is 24.3 Å². The smallest absolute Gasteiger partial charge is 0.326 e. The van der Waals surface area contributed by atoms with Crippen molar-refractivity contribution in [2.45, 2.75) is 64.0 Å². The number of ether oxygens (including phenoxy) is 1. The van der Waals surface area contributed by atoms with Crippen LogP contribution in [0.5, 0.6) is 5.75 Å². The van der Waals surface area contributed by atoms with E-state index < -0.39 is 12.0 Å². The second-order valence-corrected chi connectivity index (χ2v) is 6.04. The van der Waals surface area contributed by atoms with Gasteiger partial charge in [0.25, 0.3) is 0 Å². The molecule has 0 bridgehead atoms. The summed E-state index contributed by atoms with van der Waals surface area (Å²) >= 11 is 0. The number of hydrogen-bond donors (Lipinski definition) is 2. The molecule has 1 fully saturated rings. The van der Waals surface area contributed by atoms with Crippen LogP contribution in [0, 0.1) is 0 Å². The van der Waals surface area contributed by atoms with E-state index in [2.05, 4.69) is 5.32 Å². The lowest BCUT2D eigenvalue weighted by Crippen LogP contribution is -2.40. The summed E-state index contributed by atoms with van der Waals surface area (Å²) in [6, 6.07) is 7.01. The molecule has 23 heavy (non-hydrogen) atoms. The van der Waals surface area contributed by atoms with Gasteiger partial charge in [-0.3, -0.25) is 4.79 Å². The molecule has 1 atom stereocenters. The van der Waals surface area contributed by atoms with Crippen molar-refractivity contribution in [2.75, 3.05) is 0 Å². The fourth-order valence-corrected chi connectivity index (χ4v) is 2.84. The predicted octanol–water partition coefficient (Wildman–Crippen LogP) is 2.92. The lowest BCUT2D eigenvalue weighted by molar-refractivity contribution is -0.141. The SMILES string of the molecule is CCC(NC(=O)CCc1cccc(OC2CCCC2)c1)C(=O)O. The number of rotatable bonds is 8. The van der Waals surface area contributed by atoms with E-state index in [-0.39, 0.29) is 12.3 Å². The summed E-state index contributed by atoms with van der Waals surface area (Å²) in [5.41, 5.74) is 1.03. The number of amides is 1. The van der Waals surface area contributed by atoms with Gasteiger partial charge in [0.1, 0.15) is 11.8 Å². The normalized spacial score (nSPS) is 16.0. The molecule has 5 heteroatoms. The zero-order valence-corrected chi connectivity index (χ0v) is 13.6. The van der Waals surface area contributed by atoms with Gasteiger partial charge in [0, 0.05) is 6.42 Å². The Kier molecular flexibility index (Phi) is 6.44. The highest BCUT2D eigenvalue weighted by Gasteiger charge is 2.18. The zero-order chi connectivity index (χ0) is 16.7. The average Bonchev–Trinajstić information content (AvgIpc) is 3.03. The van der Waals surface area contributed by atoms with Crippen LogP contribution in [0.25, 0.3) is 0 Å². The van der Waals surface area contributed by atoms with Crippen LogP contribution in [0.4, 0.5) is 0 Å². The summed E-state index contributed by atoms with van der Waals surface area (Å²) in [6.07, 6.45) is 6.22. The lowest BCUT2D eigenvalue weighted by atomic mass is 10.1. The molecule has 1 aliphatic rings. The van der Waals surface area contributed by atoms with E-state index in [1.165, 1.54) is 12.8 Å². The molecule has 2 rings (SSSR count). The maximum atomic E-state index is 11.8. The Morgan fingerprint density at radius 1 is 1.35 bits per heavy atom. The minimum atomic E-state index is -0.993. The van der Waals surface area contributed by atoms with E-state index >= 15 is 0 Å². The Morgan fingerprint density at radius 2 is 2.09 bits per heavy atom. The number of aliphatic carboxylic acids is 1. The third kappa shape index (κ3) is 5.58. The largest absolute Gasteiger partial charge is 0.490 e. The van der Waals surface area contributed by atoms with Gasteiger partial charge in [-0.05, 0) is 56.2 Å². The molecule has 0 spiro atoms. The highest BCUT2D eigenvalue weighted by atomic mass is 16.5. The van der Waals surface area contributed by atoms with Crippen LogP contribution in [0.3, 0.4) is 0 Å². The molecule has 2 N–H and O–H groups in total. The molecular formula is C18H25NO4. The first-order valence-corrected chi connectivity index (χ1v) is 8.36. The summed E-state index contributed by atoms with van der Waals surface area (Å²) < 4.78 is 5.96. The van der Waals surface area contributed by atoms with Crippen LogP contribution in [0.2, 0.25) is 0 Å². The molecule has 0 heterocycles. The highest BCUT2D eigenvalue weighted by molar-refractivity contribution is 5.83. The van der Waals surface area contributed by atoms with E-state index in [0.29, 0.717) is 18.9 Å². The average molecular weight is 319 g/mol. The van der Waals surface area contributed by atoms with Crippen molar-refractivity contribution in [3.63, 3.8) is 0 Å². The highest BCUT2D eigenvalue weighted by Crippen LogP contribution is 2.24. The Morgan fingerprint density at radius 3 is 2.74 bits per heavy atom. The molecule has 1 aliphatic carbocycles. The van der Waals surface area contributed by atoms with E-state index in [1.54, 1.807) is 6.92 Å². The molecule has 1 aromatic carbocycles. The van der Waals surface area contributed by atoms with Gasteiger partial charge in [-0.25, -0.2) is 4.79 Å². The van der Waals surface area contributed by atoms with Gasteiger partial charge in [0.2, 0.25) is 5.91 Å². The maximum absolute atomic E-state index is 11.8. The number of aryl methyl sites for hydroxylation is 1. The second kappa shape index (κ2) is 8.56. The first-order chi connectivity index (χ1) is 11.1. The second-order valence-electron chi connectivity index (χ2n) is 6.04. The quantitative estimate of drug-likeness (QED) is 0.772. The van der Waals surface area contributed by atoms with Crippen LogP contribution >= 0.6 is 0 Å². The molecule has 1 saturated carbocycles. The van der Waals surface area contributed by atoms with Gasteiger partial charge < -0.3 is 15.2 Å². The summed E-state index contributed by atoms with van der Waals surface area (Å²) in [4.78, 5) is 22.8. The number of carbonyl (C=O) groups excluding carboxylic acids is 1. The van der Waals surface area contributed by atoms with E-state index in [4.69, 9.17) is 9.84 Å². The monoisotopic (exact) mass is 319 g/mol. The van der Waals surface area contributed by atoms with Crippen molar-refractivity contribution in [2.24, 2.45) is 0 Å². The lowest BCUT2D eigenvalue weighted by Gasteiger charge is -2.14. The van der Waals surface area contributed by atoms with Crippen molar-refractivity contribution in [1.82, 2.24) is 5.32 Å². The first kappa shape index (κ1) is 17.3. The van der Waals surface area contributed by atoms with E-state index in [0.717, 1.165) is 24.2 Å². The molecule has 0 radical (unpaired) electrons. The third-order valence-electron chi connectivity index (χ3n) is 4.19. The van der Waals surface area contributed by atoms with Gasteiger partial charge in [0.05, 0.1) is 6.10 Å². The molecule has 5 nitrogen and oxygen atoms in total. The molecule has 0 aliphatic heterocycles. The van der Waals surface area contributed by atoms with Crippen LogP contribution < -0.4 is 10.1 Å². The minimum Gasteiger partial charge on any atom is -0.490 e. The standard InChI is InChI=1S/C18H25NO4/c1-2-16(18(21)22)19-17(20)11-10-13-6-5-9-15(12-13)23-14-7-3-4-8-14/h5-6,9,12,14,16H,2-4,7-8,10-11H2,1H3,(H,19,20)(H,21,22). The van der Waals surface area contributed by atoms with Crippen molar-refractivity contribution in [3.05, 3.63) is 29.8 Å². The number of nitrogens with one attached hydrogen (secondary N) is 1. The summed E-state index contributed by atoms with van der Waals surface area (Å²) in [5.74, 6) is -0.374. The van der Waals surface area contributed by atoms with Crippen molar-refractivity contribution in [1.29, 1.82) is 0 Å². The molecule has 1 unspecified atom stereocenters. The Hall–Kier alpha value is -2.04. The molecule has 1 amide bonds. The van der Waals surface area contributed by atoms with Crippen molar-refractivity contribution in [3.8, 4) is 5.75 Å². The summed E-state index contributed by atoms with van der Waals surface area (Å²) in [7, 11) is 0. The Balaban J connectivity index is 1.82. The maximum Gasteiger partial charge on any atom is 0.326 e. The number of hydrogen-bond acceptors (Lipinski definition) is 3. The van der Waals surface area contributed by atoms with Crippen molar-refractivity contribution < 1.29 is 19.4 Å². The van der Waals surface area contributed by atoms with E-state index in [1.807, 2.05) is 24.3 Å². The molecule has 0 aromatic heterocycles. The predicted molar refractivity (Wildman–Crippen MR) is 87.5 cm³/mol. The van der Waals surface area contributed by atoms with Gasteiger partial charge in [0.15, 0.2) is 0 Å². The molecule has 1 aromatic rings. The fraction of sp³-hybridized carbons (Fsp3) is 0.556. The number of benzene rings is 1. The van der Waals surface area contributed by atoms with Crippen molar-refractivity contribution >= 4 is 11.9 Å². The Bertz CT molecular complexity index is 538. The number of carboxylic acid groups (broad SMARTS) is 1. The van der Waals surface area contributed by atoms with E-state index in [9.17, 15) is 9.59 Å². The summed E-state index contributed by atoms with van der Waals surface area (Å²) in [5, 5.41) is 11.5. The van der Waals surface area contributed by atoms with Gasteiger partial charge >= 0.3 is 5.97 Å².